The molecule has 0 atom stereocenters. The zero-order chi connectivity index (χ0) is 22.6. The van der Waals surface area contributed by atoms with Crippen LogP contribution >= 0.6 is 0 Å². The molecule has 3 rings (SSSR count). The largest absolute Gasteiger partial charge is 0.416 e. The van der Waals surface area contributed by atoms with Gasteiger partial charge in [0, 0.05) is 46.3 Å². The fourth-order valence-corrected chi connectivity index (χ4v) is 5.76. The fourth-order valence-electron chi connectivity index (χ4n) is 4.58. The summed E-state index contributed by atoms with van der Waals surface area (Å²) in [6.45, 7) is 6.11. The summed E-state index contributed by atoms with van der Waals surface area (Å²) in [5.74, 6) is 1.24. The van der Waals surface area contributed by atoms with E-state index < -0.39 is 21.8 Å². The Morgan fingerprint density at radius 2 is 1.52 bits per heavy atom. The van der Waals surface area contributed by atoms with Crippen LogP contribution < -0.4 is 0 Å². The molecule has 2 aliphatic rings. The van der Waals surface area contributed by atoms with Crippen LogP contribution in [0.25, 0.3) is 0 Å². The average Bonchev–Trinajstić information content (AvgIpc) is 2.74. The molecular formula is C22H34F3N3O2S. The Bertz CT molecular complexity index is 798. The van der Waals surface area contributed by atoms with E-state index in [1.165, 1.54) is 30.7 Å². The van der Waals surface area contributed by atoms with Gasteiger partial charge in [-0.1, -0.05) is 12.8 Å². The molecule has 1 aliphatic carbocycles. The number of rotatable bonds is 7. The first kappa shape index (κ1) is 24.5. The summed E-state index contributed by atoms with van der Waals surface area (Å²) in [7, 11) is -0.111. The highest BCUT2D eigenvalue weighted by molar-refractivity contribution is 7.89. The maximum Gasteiger partial charge on any atom is 0.416 e. The quantitative estimate of drug-likeness (QED) is 0.620. The van der Waals surface area contributed by atoms with Crippen molar-refractivity contribution in [1.82, 2.24) is 14.1 Å². The lowest BCUT2D eigenvalue weighted by molar-refractivity contribution is -0.137. The van der Waals surface area contributed by atoms with Crippen molar-refractivity contribution in [3.8, 4) is 0 Å². The van der Waals surface area contributed by atoms with Crippen LogP contribution in [0.5, 0.6) is 0 Å². The topological polar surface area (TPSA) is 43.9 Å². The van der Waals surface area contributed by atoms with E-state index in [0.717, 1.165) is 75.6 Å². The van der Waals surface area contributed by atoms with Gasteiger partial charge < -0.3 is 9.80 Å². The number of likely N-dealkylation sites (N-methyl/N-ethyl adjacent to an activating group) is 1. The molecule has 1 aromatic carbocycles. The third-order valence-electron chi connectivity index (χ3n) is 6.82. The van der Waals surface area contributed by atoms with Gasteiger partial charge in [-0.3, -0.25) is 0 Å². The van der Waals surface area contributed by atoms with Crippen molar-refractivity contribution in [1.29, 1.82) is 0 Å². The summed E-state index contributed by atoms with van der Waals surface area (Å²) >= 11 is 0. The molecule has 2 fully saturated rings. The highest BCUT2D eigenvalue weighted by Crippen LogP contribution is 2.33. The summed E-state index contributed by atoms with van der Waals surface area (Å²) < 4.78 is 64.8. The summed E-state index contributed by atoms with van der Waals surface area (Å²) in [6, 6.07) is 3.72. The first-order chi connectivity index (χ1) is 14.6. The van der Waals surface area contributed by atoms with Crippen LogP contribution in [0.2, 0.25) is 0 Å². The molecule has 1 saturated carbocycles. The monoisotopic (exact) mass is 461 g/mol. The summed E-state index contributed by atoms with van der Waals surface area (Å²) in [5, 5.41) is 0. The van der Waals surface area contributed by atoms with E-state index >= 15 is 0 Å². The van der Waals surface area contributed by atoms with Crippen LogP contribution in [0.15, 0.2) is 29.2 Å². The van der Waals surface area contributed by atoms with Crippen molar-refractivity contribution >= 4 is 10.0 Å². The molecule has 0 amide bonds. The Kier molecular flexibility index (Phi) is 8.05. The van der Waals surface area contributed by atoms with Crippen LogP contribution in [0.1, 0.15) is 37.7 Å². The van der Waals surface area contributed by atoms with Gasteiger partial charge in [-0.15, -0.1) is 0 Å². The van der Waals surface area contributed by atoms with Crippen molar-refractivity contribution in [2.75, 3.05) is 53.4 Å². The number of hydrogen-bond donors (Lipinski definition) is 0. The van der Waals surface area contributed by atoms with E-state index in [9.17, 15) is 21.6 Å². The van der Waals surface area contributed by atoms with Gasteiger partial charge in [-0.25, -0.2) is 12.7 Å². The highest BCUT2D eigenvalue weighted by Gasteiger charge is 2.31. The average molecular weight is 462 g/mol. The summed E-state index contributed by atoms with van der Waals surface area (Å²) in [5.41, 5.74) is -0.845. The number of halogens is 3. The Labute approximate surface area is 184 Å². The zero-order valence-corrected chi connectivity index (χ0v) is 19.3. The molecule has 176 valence electrons. The van der Waals surface area contributed by atoms with Crippen molar-refractivity contribution in [2.24, 2.45) is 11.8 Å². The van der Waals surface area contributed by atoms with Gasteiger partial charge in [-0.05, 0) is 62.4 Å². The standard InChI is InChI=1S/C22H34F3N3O2S/c1-26-13-15-28(16-14-26)17-19-5-3-18(4-6-19)11-12-27(2)31(29,30)21-9-7-20(8-10-21)22(23,24)25/h7-10,18-19H,3-6,11-17H2,1-2H3. The molecule has 0 N–H and O–H groups in total. The highest BCUT2D eigenvalue weighted by atomic mass is 32.2. The van der Waals surface area contributed by atoms with E-state index in [2.05, 4.69) is 16.8 Å². The predicted molar refractivity (Wildman–Crippen MR) is 115 cm³/mol. The summed E-state index contributed by atoms with van der Waals surface area (Å²) in [6.07, 6.45) is 0.923. The molecule has 31 heavy (non-hydrogen) atoms. The Balaban J connectivity index is 1.43. The lowest BCUT2D eigenvalue weighted by Gasteiger charge is -2.37. The molecule has 1 aliphatic heterocycles. The molecule has 1 aromatic rings. The van der Waals surface area contributed by atoms with Crippen LogP contribution in [0, 0.1) is 11.8 Å². The second kappa shape index (κ2) is 10.2. The van der Waals surface area contributed by atoms with Gasteiger partial charge >= 0.3 is 6.18 Å². The van der Waals surface area contributed by atoms with E-state index in [-0.39, 0.29) is 4.90 Å². The molecule has 0 unspecified atom stereocenters. The van der Waals surface area contributed by atoms with Gasteiger partial charge in [0.2, 0.25) is 10.0 Å². The molecule has 0 spiro atoms. The third-order valence-corrected chi connectivity index (χ3v) is 8.69. The maximum atomic E-state index is 12.7. The van der Waals surface area contributed by atoms with Gasteiger partial charge in [-0.2, -0.15) is 13.2 Å². The number of nitrogens with zero attached hydrogens (tertiary/aromatic N) is 3. The van der Waals surface area contributed by atoms with Gasteiger partial charge in [0.25, 0.3) is 0 Å². The fraction of sp³-hybridized carbons (Fsp3) is 0.727. The molecule has 0 radical (unpaired) electrons. The second-order valence-electron chi connectivity index (χ2n) is 9.13. The number of hydrogen-bond acceptors (Lipinski definition) is 4. The lowest BCUT2D eigenvalue weighted by Crippen LogP contribution is -2.46. The first-order valence-electron chi connectivity index (χ1n) is 11.1. The van der Waals surface area contributed by atoms with Crippen LogP contribution in [0.4, 0.5) is 13.2 Å². The van der Waals surface area contributed by atoms with Crippen molar-refractivity contribution in [3.05, 3.63) is 29.8 Å². The molecule has 0 bridgehead atoms. The van der Waals surface area contributed by atoms with Gasteiger partial charge in [0.15, 0.2) is 0 Å². The summed E-state index contributed by atoms with van der Waals surface area (Å²) in [4.78, 5) is 4.83. The SMILES string of the molecule is CN1CCN(CC2CCC(CCN(C)S(=O)(=O)c3ccc(C(F)(F)F)cc3)CC2)CC1. The van der Waals surface area contributed by atoms with E-state index in [1.807, 2.05) is 0 Å². The molecular weight excluding hydrogens is 427 g/mol. The number of piperazine rings is 1. The van der Waals surface area contributed by atoms with E-state index in [0.29, 0.717) is 12.5 Å². The number of benzene rings is 1. The minimum atomic E-state index is -4.47. The third kappa shape index (κ3) is 6.66. The van der Waals surface area contributed by atoms with Crippen molar-refractivity contribution in [2.45, 2.75) is 43.2 Å². The Morgan fingerprint density at radius 3 is 2.06 bits per heavy atom. The van der Waals surface area contributed by atoms with Crippen LogP contribution in [-0.4, -0.2) is 75.9 Å². The molecule has 1 heterocycles. The van der Waals surface area contributed by atoms with E-state index in [4.69, 9.17) is 0 Å². The lowest BCUT2D eigenvalue weighted by atomic mass is 9.80. The van der Waals surface area contributed by atoms with Gasteiger partial charge in [0.05, 0.1) is 10.5 Å². The van der Waals surface area contributed by atoms with Crippen LogP contribution in [-0.2, 0) is 16.2 Å². The van der Waals surface area contributed by atoms with Crippen molar-refractivity contribution in [3.63, 3.8) is 0 Å². The Hall–Kier alpha value is -1.16. The number of sulfonamides is 1. The number of alkyl halides is 3. The van der Waals surface area contributed by atoms with Crippen LogP contribution in [0.3, 0.4) is 0 Å². The molecule has 9 heteroatoms. The van der Waals surface area contributed by atoms with Gasteiger partial charge in [0.1, 0.15) is 0 Å². The normalized spacial score (nSPS) is 24.6. The predicted octanol–water partition coefficient (Wildman–Crippen LogP) is 3.77. The molecule has 1 saturated heterocycles. The minimum Gasteiger partial charge on any atom is -0.304 e. The first-order valence-corrected chi connectivity index (χ1v) is 12.5. The smallest absolute Gasteiger partial charge is 0.304 e. The van der Waals surface area contributed by atoms with Crippen molar-refractivity contribution < 1.29 is 21.6 Å². The maximum absolute atomic E-state index is 12.7. The minimum absolute atomic E-state index is 0.0983. The Morgan fingerprint density at radius 1 is 0.968 bits per heavy atom. The molecule has 5 nitrogen and oxygen atoms in total. The molecule has 0 aromatic heterocycles. The second-order valence-corrected chi connectivity index (χ2v) is 11.2. The zero-order valence-electron chi connectivity index (χ0n) is 18.4. The van der Waals surface area contributed by atoms with E-state index in [1.54, 1.807) is 0 Å².